The van der Waals surface area contributed by atoms with Crippen LogP contribution in [0.1, 0.15) is 36.0 Å². The minimum atomic E-state index is 0.00614. The molecule has 1 heterocycles. The smallest absolute Gasteiger partial charge is 0.251 e. The first kappa shape index (κ1) is 19.1. The standard InChI is InChI=1S/C22H27N3O2/c26-21(23-19-10-5-2-6-11-19)12-7-15-25-16-13-20(14-17-25)24-22(27)18-8-3-1-4-9-18/h1-6,8-11,20H,7,12-17H2,(H,23,26)(H,24,27). The van der Waals surface area contributed by atoms with Crippen molar-refractivity contribution >= 4 is 17.5 Å². The van der Waals surface area contributed by atoms with Crippen LogP contribution in [0.4, 0.5) is 5.69 Å². The lowest BCUT2D eigenvalue weighted by atomic mass is 10.0. The van der Waals surface area contributed by atoms with E-state index in [2.05, 4.69) is 15.5 Å². The summed E-state index contributed by atoms with van der Waals surface area (Å²) in [6.07, 6.45) is 3.28. The second-order valence-corrected chi connectivity index (χ2v) is 6.97. The number of hydrogen-bond acceptors (Lipinski definition) is 3. The summed E-state index contributed by atoms with van der Waals surface area (Å²) in [5.41, 5.74) is 1.56. The van der Waals surface area contributed by atoms with Crippen LogP contribution in [0.5, 0.6) is 0 Å². The average molecular weight is 365 g/mol. The van der Waals surface area contributed by atoms with Crippen LogP contribution in [0.25, 0.3) is 0 Å². The van der Waals surface area contributed by atoms with Gasteiger partial charge in [-0.3, -0.25) is 9.59 Å². The molecule has 1 aliphatic rings. The number of para-hydroxylation sites is 1. The summed E-state index contributed by atoms with van der Waals surface area (Å²) in [7, 11) is 0. The predicted octanol–water partition coefficient (Wildman–Crippen LogP) is 3.30. The van der Waals surface area contributed by atoms with Crippen molar-refractivity contribution < 1.29 is 9.59 Å². The van der Waals surface area contributed by atoms with Gasteiger partial charge in [-0.05, 0) is 50.1 Å². The first-order valence-corrected chi connectivity index (χ1v) is 9.64. The SMILES string of the molecule is O=C(CCCN1CCC(NC(=O)c2ccccc2)CC1)Nc1ccccc1. The Kier molecular flexibility index (Phi) is 6.99. The summed E-state index contributed by atoms with van der Waals surface area (Å²) in [5.74, 6) is 0.0674. The van der Waals surface area contributed by atoms with Crippen LogP contribution in [0, 0.1) is 0 Å². The molecule has 2 N–H and O–H groups in total. The Morgan fingerprint density at radius 3 is 2.22 bits per heavy atom. The molecule has 5 heteroatoms. The van der Waals surface area contributed by atoms with Gasteiger partial charge in [0.15, 0.2) is 0 Å². The highest BCUT2D eigenvalue weighted by Crippen LogP contribution is 2.13. The van der Waals surface area contributed by atoms with Gasteiger partial charge in [0.2, 0.25) is 5.91 Å². The van der Waals surface area contributed by atoms with Crippen molar-refractivity contribution in [2.24, 2.45) is 0 Å². The zero-order valence-electron chi connectivity index (χ0n) is 15.6. The van der Waals surface area contributed by atoms with Crippen molar-refractivity contribution in [1.29, 1.82) is 0 Å². The van der Waals surface area contributed by atoms with E-state index in [-0.39, 0.29) is 17.9 Å². The number of nitrogens with zero attached hydrogens (tertiary/aromatic N) is 1. The molecular formula is C22H27N3O2. The van der Waals surface area contributed by atoms with Crippen LogP contribution >= 0.6 is 0 Å². The molecule has 1 aliphatic heterocycles. The number of anilines is 1. The van der Waals surface area contributed by atoms with E-state index in [1.807, 2.05) is 60.7 Å². The number of nitrogens with one attached hydrogen (secondary N) is 2. The minimum Gasteiger partial charge on any atom is -0.349 e. The van der Waals surface area contributed by atoms with Crippen LogP contribution < -0.4 is 10.6 Å². The summed E-state index contributed by atoms with van der Waals surface area (Å²) < 4.78 is 0. The fourth-order valence-electron chi connectivity index (χ4n) is 3.37. The number of hydrogen-bond donors (Lipinski definition) is 2. The van der Waals surface area contributed by atoms with Gasteiger partial charge >= 0.3 is 0 Å². The molecule has 1 fully saturated rings. The molecule has 2 aromatic rings. The highest BCUT2D eigenvalue weighted by atomic mass is 16.2. The van der Waals surface area contributed by atoms with Gasteiger partial charge in [-0.2, -0.15) is 0 Å². The molecule has 0 atom stereocenters. The molecule has 2 amide bonds. The highest BCUT2D eigenvalue weighted by molar-refractivity contribution is 5.94. The second-order valence-electron chi connectivity index (χ2n) is 6.97. The lowest BCUT2D eigenvalue weighted by Gasteiger charge is -2.32. The molecule has 0 unspecified atom stereocenters. The molecule has 2 aromatic carbocycles. The molecule has 142 valence electrons. The summed E-state index contributed by atoms with van der Waals surface area (Å²) >= 11 is 0. The van der Waals surface area contributed by atoms with E-state index in [0.717, 1.165) is 44.6 Å². The molecular weight excluding hydrogens is 338 g/mol. The Hall–Kier alpha value is -2.66. The van der Waals surface area contributed by atoms with Gasteiger partial charge in [0, 0.05) is 36.8 Å². The lowest BCUT2D eigenvalue weighted by Crippen LogP contribution is -2.44. The first-order valence-electron chi connectivity index (χ1n) is 9.64. The van der Waals surface area contributed by atoms with Crippen LogP contribution in [0.3, 0.4) is 0 Å². The zero-order chi connectivity index (χ0) is 18.9. The van der Waals surface area contributed by atoms with E-state index in [0.29, 0.717) is 12.0 Å². The summed E-state index contributed by atoms with van der Waals surface area (Å²) in [6.45, 7) is 2.83. The Bertz CT molecular complexity index is 726. The van der Waals surface area contributed by atoms with Crippen molar-refractivity contribution in [3.05, 3.63) is 66.2 Å². The number of piperidine rings is 1. The number of rotatable bonds is 7. The number of likely N-dealkylation sites (tertiary alicyclic amines) is 1. The van der Waals surface area contributed by atoms with Gasteiger partial charge in [-0.1, -0.05) is 36.4 Å². The highest BCUT2D eigenvalue weighted by Gasteiger charge is 2.21. The first-order chi connectivity index (χ1) is 13.2. The fourth-order valence-corrected chi connectivity index (χ4v) is 3.37. The largest absolute Gasteiger partial charge is 0.349 e. The molecule has 5 nitrogen and oxygen atoms in total. The normalized spacial score (nSPS) is 15.3. The van der Waals surface area contributed by atoms with E-state index in [9.17, 15) is 9.59 Å². The maximum Gasteiger partial charge on any atom is 0.251 e. The lowest BCUT2D eigenvalue weighted by molar-refractivity contribution is -0.116. The predicted molar refractivity (Wildman–Crippen MR) is 108 cm³/mol. The molecule has 0 spiro atoms. The summed E-state index contributed by atoms with van der Waals surface area (Å²) in [4.78, 5) is 26.6. The third kappa shape index (κ3) is 6.22. The molecule has 27 heavy (non-hydrogen) atoms. The Morgan fingerprint density at radius 2 is 1.56 bits per heavy atom. The summed E-state index contributed by atoms with van der Waals surface area (Å²) in [6, 6.07) is 19.1. The van der Waals surface area contributed by atoms with Crippen LogP contribution in [-0.2, 0) is 4.79 Å². The number of amides is 2. The van der Waals surface area contributed by atoms with Crippen molar-refractivity contribution in [2.75, 3.05) is 25.0 Å². The number of carbonyl (C=O) groups is 2. The van der Waals surface area contributed by atoms with Gasteiger partial charge in [0.25, 0.3) is 5.91 Å². The van der Waals surface area contributed by atoms with Crippen LogP contribution in [0.15, 0.2) is 60.7 Å². The van der Waals surface area contributed by atoms with Crippen LogP contribution in [-0.4, -0.2) is 42.4 Å². The monoisotopic (exact) mass is 365 g/mol. The molecule has 0 aromatic heterocycles. The van der Waals surface area contributed by atoms with Gasteiger partial charge < -0.3 is 15.5 Å². The molecule has 0 radical (unpaired) electrons. The summed E-state index contributed by atoms with van der Waals surface area (Å²) in [5, 5.41) is 6.05. The zero-order valence-corrected chi connectivity index (χ0v) is 15.6. The van der Waals surface area contributed by atoms with E-state index in [1.54, 1.807) is 0 Å². The Morgan fingerprint density at radius 1 is 0.926 bits per heavy atom. The van der Waals surface area contributed by atoms with E-state index in [4.69, 9.17) is 0 Å². The number of carbonyl (C=O) groups excluding carboxylic acids is 2. The second kappa shape index (κ2) is 9.88. The van der Waals surface area contributed by atoms with Gasteiger partial charge in [0.1, 0.15) is 0 Å². The quantitative estimate of drug-likeness (QED) is 0.791. The molecule has 1 saturated heterocycles. The Balaban J connectivity index is 1.31. The van der Waals surface area contributed by atoms with Crippen LogP contribution in [0.2, 0.25) is 0 Å². The van der Waals surface area contributed by atoms with Crippen molar-refractivity contribution in [3.63, 3.8) is 0 Å². The van der Waals surface area contributed by atoms with Crippen molar-refractivity contribution in [2.45, 2.75) is 31.7 Å². The average Bonchev–Trinajstić information content (AvgIpc) is 2.71. The molecule has 0 aliphatic carbocycles. The minimum absolute atomic E-state index is 0.00614. The number of benzene rings is 2. The maximum absolute atomic E-state index is 12.2. The van der Waals surface area contributed by atoms with E-state index < -0.39 is 0 Å². The third-order valence-electron chi connectivity index (χ3n) is 4.89. The van der Waals surface area contributed by atoms with Crippen molar-refractivity contribution in [1.82, 2.24) is 10.2 Å². The molecule has 0 saturated carbocycles. The molecule has 0 bridgehead atoms. The Labute approximate surface area is 160 Å². The molecule has 3 rings (SSSR count). The van der Waals surface area contributed by atoms with Crippen molar-refractivity contribution in [3.8, 4) is 0 Å². The maximum atomic E-state index is 12.2. The van der Waals surface area contributed by atoms with Gasteiger partial charge in [0.05, 0.1) is 0 Å². The fraction of sp³-hybridized carbons (Fsp3) is 0.364. The van der Waals surface area contributed by atoms with E-state index in [1.165, 1.54) is 0 Å². The third-order valence-corrected chi connectivity index (χ3v) is 4.89. The topological polar surface area (TPSA) is 61.4 Å². The van der Waals surface area contributed by atoms with Gasteiger partial charge in [-0.25, -0.2) is 0 Å². The van der Waals surface area contributed by atoms with Gasteiger partial charge in [-0.15, -0.1) is 0 Å². The van der Waals surface area contributed by atoms with E-state index >= 15 is 0 Å².